The van der Waals surface area contributed by atoms with Gasteiger partial charge in [0.25, 0.3) is 0 Å². The molecule has 0 heterocycles. The van der Waals surface area contributed by atoms with E-state index >= 15 is 0 Å². The quantitative estimate of drug-likeness (QED) is 0.184. The van der Waals surface area contributed by atoms with E-state index in [4.69, 9.17) is 4.74 Å². The van der Waals surface area contributed by atoms with Crippen LogP contribution in [-0.4, -0.2) is 45.8 Å². The summed E-state index contributed by atoms with van der Waals surface area (Å²) in [6.45, 7) is 4.35. The summed E-state index contributed by atoms with van der Waals surface area (Å²) < 4.78 is 9.78. The summed E-state index contributed by atoms with van der Waals surface area (Å²) >= 11 is 0. The third-order valence-corrected chi connectivity index (χ3v) is 3.50. The van der Waals surface area contributed by atoms with Gasteiger partial charge in [0.2, 0.25) is 0 Å². The van der Waals surface area contributed by atoms with Crippen LogP contribution in [0.15, 0.2) is 29.3 Å². The van der Waals surface area contributed by atoms with Gasteiger partial charge in [0, 0.05) is 26.1 Å². The van der Waals surface area contributed by atoms with E-state index in [9.17, 15) is 4.79 Å². The van der Waals surface area contributed by atoms with Gasteiger partial charge in [-0.25, -0.2) is 0 Å². The maximum Gasteiger partial charge on any atom is 0.305 e. The fourth-order valence-electron chi connectivity index (χ4n) is 2.13. The minimum Gasteiger partial charge on any atom is -0.497 e. The molecule has 0 aliphatic heterocycles. The highest BCUT2D eigenvalue weighted by molar-refractivity contribution is 14.0. The second kappa shape index (κ2) is 14.8. The highest BCUT2D eigenvalue weighted by atomic mass is 127. The van der Waals surface area contributed by atoms with Crippen molar-refractivity contribution in [2.45, 2.75) is 32.6 Å². The number of aliphatic imine (C=N–C) groups is 1. The zero-order chi connectivity index (χ0) is 17.6. The van der Waals surface area contributed by atoms with Crippen molar-refractivity contribution < 1.29 is 14.3 Å². The maximum absolute atomic E-state index is 11.0. The average Bonchev–Trinajstić information content (AvgIpc) is 2.61. The van der Waals surface area contributed by atoms with E-state index < -0.39 is 0 Å². The van der Waals surface area contributed by atoms with E-state index in [1.807, 2.05) is 19.1 Å². The van der Waals surface area contributed by atoms with Crippen molar-refractivity contribution in [1.29, 1.82) is 0 Å². The molecule has 0 amide bonds. The summed E-state index contributed by atoms with van der Waals surface area (Å²) in [7, 11) is 3.08. The number of methoxy groups -OCH3 is 2. The smallest absolute Gasteiger partial charge is 0.305 e. The summed E-state index contributed by atoms with van der Waals surface area (Å²) in [6.07, 6.45) is 3.02. The molecule has 142 valence electrons. The standard InChI is InChI=1S/C18H29N3O3.HI/c1-4-19-18(20-13-6-5-7-17(22)24-3)21-14-12-15-8-10-16(23-2)11-9-15;/h8-11H,4-7,12-14H2,1-3H3,(H2,19,20,21);1H. The Morgan fingerprint density at radius 2 is 1.84 bits per heavy atom. The first kappa shape index (κ1) is 23.5. The predicted molar refractivity (Wildman–Crippen MR) is 112 cm³/mol. The van der Waals surface area contributed by atoms with Gasteiger partial charge >= 0.3 is 5.97 Å². The van der Waals surface area contributed by atoms with E-state index in [-0.39, 0.29) is 29.9 Å². The van der Waals surface area contributed by atoms with Crippen molar-refractivity contribution in [2.75, 3.05) is 33.9 Å². The van der Waals surface area contributed by atoms with Crippen LogP contribution < -0.4 is 15.4 Å². The van der Waals surface area contributed by atoms with Crippen molar-refractivity contribution in [3.8, 4) is 5.75 Å². The molecular weight excluding hydrogens is 433 g/mol. The van der Waals surface area contributed by atoms with Crippen LogP contribution in [0.2, 0.25) is 0 Å². The molecule has 0 fully saturated rings. The fourth-order valence-corrected chi connectivity index (χ4v) is 2.13. The number of benzene rings is 1. The molecule has 0 aromatic heterocycles. The van der Waals surface area contributed by atoms with E-state index in [0.29, 0.717) is 13.0 Å². The molecule has 0 aliphatic carbocycles. The fraction of sp³-hybridized carbons (Fsp3) is 0.556. The lowest BCUT2D eigenvalue weighted by atomic mass is 10.1. The monoisotopic (exact) mass is 463 g/mol. The first-order valence-electron chi connectivity index (χ1n) is 8.41. The molecule has 0 radical (unpaired) electrons. The Morgan fingerprint density at radius 3 is 2.44 bits per heavy atom. The van der Waals surface area contributed by atoms with Crippen LogP contribution in [0, 0.1) is 0 Å². The maximum atomic E-state index is 11.0. The number of guanidine groups is 1. The van der Waals surface area contributed by atoms with Gasteiger partial charge in [-0.2, -0.15) is 0 Å². The van der Waals surface area contributed by atoms with E-state index in [2.05, 4.69) is 32.5 Å². The molecule has 0 atom stereocenters. The summed E-state index contributed by atoms with van der Waals surface area (Å²) in [5, 5.41) is 6.55. The second-order valence-corrected chi connectivity index (χ2v) is 5.32. The molecule has 1 aromatic carbocycles. The van der Waals surface area contributed by atoms with Crippen LogP contribution in [-0.2, 0) is 16.0 Å². The number of carbonyl (C=O) groups excluding carboxylic acids is 1. The number of rotatable bonds is 10. The number of unbranched alkanes of at least 4 members (excludes halogenated alkanes) is 1. The molecule has 1 rings (SSSR count). The Hall–Kier alpha value is -1.51. The number of nitrogens with one attached hydrogen (secondary N) is 2. The van der Waals surface area contributed by atoms with Crippen LogP contribution in [0.4, 0.5) is 0 Å². The van der Waals surface area contributed by atoms with E-state index in [1.54, 1.807) is 7.11 Å². The third-order valence-electron chi connectivity index (χ3n) is 3.50. The van der Waals surface area contributed by atoms with E-state index in [1.165, 1.54) is 12.7 Å². The Morgan fingerprint density at radius 1 is 1.12 bits per heavy atom. The summed E-state index contributed by atoms with van der Waals surface area (Å²) in [4.78, 5) is 15.6. The molecule has 1 aromatic rings. The van der Waals surface area contributed by atoms with Gasteiger partial charge in [-0.15, -0.1) is 24.0 Å². The lowest BCUT2D eigenvalue weighted by Gasteiger charge is -2.11. The number of esters is 1. The van der Waals surface area contributed by atoms with E-state index in [0.717, 1.165) is 44.1 Å². The molecule has 25 heavy (non-hydrogen) atoms. The number of hydrogen-bond donors (Lipinski definition) is 2. The topological polar surface area (TPSA) is 72.0 Å². The van der Waals surface area contributed by atoms with Crippen molar-refractivity contribution >= 4 is 35.9 Å². The van der Waals surface area contributed by atoms with Crippen molar-refractivity contribution in [3.63, 3.8) is 0 Å². The normalized spacial score (nSPS) is 10.6. The largest absolute Gasteiger partial charge is 0.497 e. The minimum absolute atomic E-state index is 0. The highest BCUT2D eigenvalue weighted by Gasteiger charge is 2.00. The lowest BCUT2D eigenvalue weighted by Crippen LogP contribution is -2.38. The third kappa shape index (κ3) is 10.9. The SMILES string of the molecule is CCNC(=NCCCCC(=O)OC)NCCc1ccc(OC)cc1.I. The summed E-state index contributed by atoms with van der Waals surface area (Å²) in [6, 6.07) is 8.07. The van der Waals surface area contributed by atoms with Crippen LogP contribution in [0.3, 0.4) is 0 Å². The second-order valence-electron chi connectivity index (χ2n) is 5.32. The van der Waals surface area contributed by atoms with Gasteiger partial charge in [0.15, 0.2) is 5.96 Å². The zero-order valence-corrected chi connectivity index (χ0v) is 17.7. The van der Waals surface area contributed by atoms with Crippen LogP contribution in [0.25, 0.3) is 0 Å². The minimum atomic E-state index is -0.163. The summed E-state index contributed by atoms with van der Waals surface area (Å²) in [5.74, 6) is 1.51. The molecule has 0 bridgehead atoms. The number of carbonyl (C=O) groups is 1. The molecule has 7 heteroatoms. The van der Waals surface area contributed by atoms with Crippen LogP contribution in [0.1, 0.15) is 31.7 Å². The molecular formula is C18H30IN3O3. The Balaban J connectivity index is 0.00000576. The molecule has 0 saturated carbocycles. The Bertz CT molecular complexity index is 507. The molecule has 0 aliphatic rings. The number of ether oxygens (including phenoxy) is 2. The zero-order valence-electron chi connectivity index (χ0n) is 15.3. The molecule has 0 unspecified atom stereocenters. The molecule has 0 spiro atoms. The summed E-state index contributed by atoms with van der Waals surface area (Å²) in [5.41, 5.74) is 1.25. The first-order chi connectivity index (χ1) is 11.7. The van der Waals surface area contributed by atoms with Gasteiger partial charge in [-0.1, -0.05) is 12.1 Å². The molecule has 0 saturated heterocycles. The van der Waals surface area contributed by atoms with Gasteiger partial charge in [-0.3, -0.25) is 9.79 Å². The Kier molecular flexibility index (Phi) is 13.9. The molecule has 6 nitrogen and oxygen atoms in total. The average molecular weight is 463 g/mol. The number of hydrogen-bond acceptors (Lipinski definition) is 4. The molecule has 2 N–H and O–H groups in total. The number of nitrogens with zero attached hydrogens (tertiary/aromatic N) is 1. The highest BCUT2D eigenvalue weighted by Crippen LogP contribution is 2.11. The van der Waals surface area contributed by atoms with Gasteiger partial charge in [0.1, 0.15) is 5.75 Å². The van der Waals surface area contributed by atoms with Crippen molar-refractivity contribution in [1.82, 2.24) is 10.6 Å². The first-order valence-corrected chi connectivity index (χ1v) is 8.41. The van der Waals surface area contributed by atoms with Crippen LogP contribution in [0.5, 0.6) is 5.75 Å². The number of halogens is 1. The van der Waals surface area contributed by atoms with Gasteiger partial charge < -0.3 is 20.1 Å². The van der Waals surface area contributed by atoms with Crippen molar-refractivity contribution in [3.05, 3.63) is 29.8 Å². The Labute approximate surface area is 167 Å². The van der Waals surface area contributed by atoms with Crippen LogP contribution >= 0.6 is 24.0 Å². The lowest BCUT2D eigenvalue weighted by molar-refractivity contribution is -0.140. The van der Waals surface area contributed by atoms with Gasteiger partial charge in [-0.05, 0) is 43.9 Å². The van der Waals surface area contributed by atoms with Crippen molar-refractivity contribution in [2.24, 2.45) is 4.99 Å². The predicted octanol–water partition coefficient (Wildman–Crippen LogP) is 2.75. The van der Waals surface area contributed by atoms with Gasteiger partial charge in [0.05, 0.1) is 14.2 Å².